The minimum Gasteiger partial charge on any atom is -0.370 e. The minimum absolute atomic E-state index is 0.00997. The Bertz CT molecular complexity index is 2240. The zero-order valence-electron chi connectivity index (χ0n) is 56.1. The Kier molecular flexibility index (Phi) is 44.7. The van der Waals surface area contributed by atoms with Gasteiger partial charge in [-0.15, -0.1) is 0 Å². The molecular weight excluding hydrogens is 1170 g/mol. The van der Waals surface area contributed by atoms with Crippen molar-refractivity contribution in [2.75, 3.05) is 32.7 Å². The molecule has 0 aliphatic carbocycles. The number of nitrogens with two attached hydrogens (primary N) is 7. The largest absolute Gasteiger partial charge is 0.370 e. The summed E-state index contributed by atoms with van der Waals surface area (Å²) in [6.07, 6.45) is 6.39. The van der Waals surface area contributed by atoms with E-state index in [0.29, 0.717) is 25.7 Å². The highest BCUT2D eigenvalue weighted by Crippen LogP contribution is 2.15. The van der Waals surface area contributed by atoms with Crippen LogP contribution in [0.3, 0.4) is 0 Å². The van der Waals surface area contributed by atoms with Crippen molar-refractivity contribution in [1.82, 2.24) is 53.2 Å². The summed E-state index contributed by atoms with van der Waals surface area (Å²) in [7, 11) is 0. The lowest BCUT2D eigenvalue weighted by Crippen LogP contribution is -2.61. The average Bonchev–Trinajstić information content (AvgIpc) is 1.33. The molecular formula is C62H119N17O12. The summed E-state index contributed by atoms with van der Waals surface area (Å²) in [5.41, 5.74) is 40.2. The Balaban J connectivity index is 6.89. The van der Waals surface area contributed by atoms with Crippen LogP contribution < -0.4 is 93.3 Å². The van der Waals surface area contributed by atoms with Gasteiger partial charge in [0, 0.05) is 12.8 Å². The average molecular weight is 1290 g/mol. The van der Waals surface area contributed by atoms with E-state index in [9.17, 15) is 57.5 Å². The van der Waals surface area contributed by atoms with Crippen LogP contribution in [-0.2, 0) is 57.5 Å². The van der Waals surface area contributed by atoms with E-state index in [0.717, 1.165) is 25.7 Å². The fourth-order valence-electron chi connectivity index (χ4n) is 9.94. The molecule has 12 amide bonds. The van der Waals surface area contributed by atoms with Crippen molar-refractivity contribution in [3.8, 4) is 0 Å². The molecule has 0 aromatic carbocycles. The molecule has 24 N–H and O–H groups in total. The number of amides is 12. The maximum Gasteiger partial charge on any atom is 0.243 e. The molecule has 0 unspecified atom stereocenters. The maximum atomic E-state index is 14.4. The van der Waals surface area contributed by atoms with Gasteiger partial charge in [-0.05, 0) is 159 Å². The van der Waals surface area contributed by atoms with Crippen molar-refractivity contribution >= 4 is 70.9 Å². The van der Waals surface area contributed by atoms with Crippen molar-refractivity contribution in [3.63, 3.8) is 0 Å². The number of hydrogen-bond donors (Lipinski definition) is 17. The SMILES string of the molecule is CCCCCCCC(=O)N[C@@H](CCCN)C(=O)N[C@@H](CCCN)C(=O)N[C@@H](CC(C)C)C(=O)N[C@@H](CC(C)C)C(=O)N[C@@H](CCCN)C(=O)N[C@@H](CCC(N)=O)C(=O)N[C@@H](CC(C)C)C(=O)N[C@@H](CCCN)C(=O)N[C@@H](CCCN)C(=O)N[C@@H](CC(C)C)C(N)=O. The molecule has 0 heterocycles. The molecule has 0 aromatic rings. The van der Waals surface area contributed by atoms with Gasteiger partial charge in [-0.25, -0.2) is 0 Å². The monoisotopic (exact) mass is 1290 g/mol. The van der Waals surface area contributed by atoms with Gasteiger partial charge in [0.1, 0.15) is 60.4 Å². The van der Waals surface area contributed by atoms with Crippen LogP contribution in [0.25, 0.3) is 0 Å². The van der Waals surface area contributed by atoms with E-state index in [2.05, 4.69) is 60.1 Å². The number of unbranched alkanes of at least 4 members (excludes halogenated alkanes) is 4. The van der Waals surface area contributed by atoms with Crippen LogP contribution in [0.4, 0.5) is 0 Å². The number of hydrogen-bond acceptors (Lipinski definition) is 17. The van der Waals surface area contributed by atoms with E-state index < -0.39 is 132 Å². The van der Waals surface area contributed by atoms with Crippen LogP contribution in [0.5, 0.6) is 0 Å². The van der Waals surface area contributed by atoms with Crippen LogP contribution in [0.1, 0.15) is 204 Å². The van der Waals surface area contributed by atoms with Crippen LogP contribution in [0.15, 0.2) is 0 Å². The standard InChI is InChI=1S/C62H119N17O12/c1-10-11-12-13-14-25-52(81)70-41(20-15-28-63)54(83)71-45(24-19-32-67)58(87)77-50(36-40(8)9)62(91)79-49(35-39(6)7)61(90)74-43(22-17-30-65)56(85)75-46(26-27-51(68)80)59(88)78-48(34-38(4)5)60(89)73-42(21-16-29-64)55(84)72-44(23-18-31-66)57(86)76-47(53(69)82)33-37(2)3/h37-50H,10-36,63-67H2,1-9H3,(H2,68,80)(H2,69,82)(H,70,81)(H,71,83)(H,72,84)(H,73,89)(H,74,90)(H,75,85)(H,76,86)(H,77,87)(H,78,88)(H,79,91)/t41-,42-,43-,44-,45-,46-,47-,48-,49-,50-/m0/s1. The van der Waals surface area contributed by atoms with E-state index >= 15 is 0 Å². The normalized spacial score (nSPS) is 14.7. The fourth-order valence-corrected chi connectivity index (χ4v) is 9.94. The van der Waals surface area contributed by atoms with Crippen LogP contribution >= 0.6 is 0 Å². The summed E-state index contributed by atoms with van der Waals surface area (Å²) in [5, 5.41) is 27.1. The third-order valence-corrected chi connectivity index (χ3v) is 14.9. The van der Waals surface area contributed by atoms with Gasteiger partial charge in [0.25, 0.3) is 0 Å². The highest BCUT2D eigenvalue weighted by molar-refractivity contribution is 5.99. The van der Waals surface area contributed by atoms with Crippen LogP contribution in [0.2, 0.25) is 0 Å². The number of nitrogens with one attached hydrogen (secondary N) is 10. The first-order valence-corrected chi connectivity index (χ1v) is 33.1. The highest BCUT2D eigenvalue weighted by atomic mass is 16.2. The van der Waals surface area contributed by atoms with Crippen molar-refractivity contribution in [2.24, 2.45) is 63.8 Å². The van der Waals surface area contributed by atoms with Gasteiger partial charge in [0.2, 0.25) is 70.9 Å². The van der Waals surface area contributed by atoms with Gasteiger partial charge in [-0.2, -0.15) is 0 Å². The highest BCUT2D eigenvalue weighted by Gasteiger charge is 2.37. The summed E-state index contributed by atoms with van der Waals surface area (Å²) < 4.78 is 0. The number of carbonyl (C=O) groups is 12. The predicted molar refractivity (Wildman–Crippen MR) is 350 cm³/mol. The van der Waals surface area contributed by atoms with Gasteiger partial charge < -0.3 is 93.3 Å². The molecule has 0 aromatic heterocycles. The van der Waals surface area contributed by atoms with E-state index in [4.69, 9.17) is 40.1 Å². The summed E-state index contributed by atoms with van der Waals surface area (Å²) in [6.45, 7) is 17.4. The van der Waals surface area contributed by atoms with Crippen molar-refractivity contribution in [2.45, 2.75) is 264 Å². The van der Waals surface area contributed by atoms with Crippen molar-refractivity contribution in [1.29, 1.82) is 0 Å². The molecule has 0 saturated heterocycles. The first-order valence-electron chi connectivity index (χ1n) is 33.1. The van der Waals surface area contributed by atoms with Crippen molar-refractivity contribution in [3.05, 3.63) is 0 Å². The van der Waals surface area contributed by atoms with Crippen LogP contribution in [0, 0.1) is 23.7 Å². The quantitative estimate of drug-likeness (QED) is 0.0319. The summed E-state index contributed by atoms with van der Waals surface area (Å²) in [6, 6.07) is -12.4. The number of primary amides is 2. The topological polar surface area (TPSA) is 507 Å². The molecule has 10 atom stereocenters. The van der Waals surface area contributed by atoms with Gasteiger partial charge in [0.05, 0.1) is 0 Å². The third kappa shape index (κ3) is 37.5. The Hall–Kier alpha value is -6.56. The van der Waals surface area contributed by atoms with Gasteiger partial charge >= 0.3 is 0 Å². The van der Waals surface area contributed by atoms with Crippen molar-refractivity contribution < 1.29 is 57.5 Å². The van der Waals surface area contributed by atoms with E-state index in [1.54, 1.807) is 13.8 Å². The van der Waals surface area contributed by atoms with Gasteiger partial charge in [0.15, 0.2) is 0 Å². The lowest BCUT2D eigenvalue weighted by molar-refractivity contribution is -0.136. The number of rotatable bonds is 52. The molecule has 91 heavy (non-hydrogen) atoms. The molecule has 0 saturated carbocycles. The molecule has 524 valence electrons. The first kappa shape index (κ1) is 84.4. The minimum atomic E-state index is -1.52. The molecule has 29 nitrogen and oxygen atoms in total. The van der Waals surface area contributed by atoms with E-state index in [1.165, 1.54) is 0 Å². The molecule has 0 bridgehead atoms. The molecule has 29 heteroatoms. The van der Waals surface area contributed by atoms with E-state index in [1.807, 2.05) is 41.5 Å². The molecule has 0 aliphatic rings. The molecule has 0 spiro atoms. The van der Waals surface area contributed by atoms with E-state index in [-0.39, 0.29) is 146 Å². The zero-order valence-corrected chi connectivity index (χ0v) is 56.1. The third-order valence-electron chi connectivity index (χ3n) is 14.9. The lowest BCUT2D eigenvalue weighted by Gasteiger charge is -2.29. The molecule has 0 aliphatic heterocycles. The summed E-state index contributed by atoms with van der Waals surface area (Å²) in [5.74, 6) is -9.38. The maximum absolute atomic E-state index is 14.4. The summed E-state index contributed by atoms with van der Waals surface area (Å²) in [4.78, 5) is 165. The van der Waals surface area contributed by atoms with Gasteiger partial charge in [-0.3, -0.25) is 57.5 Å². The molecule has 0 radical (unpaired) electrons. The fraction of sp³-hybridized carbons (Fsp3) is 0.806. The predicted octanol–water partition coefficient (Wildman–Crippen LogP) is -1.18. The zero-order chi connectivity index (χ0) is 69.2. The second kappa shape index (κ2) is 48.2. The first-order chi connectivity index (χ1) is 43.0. The second-order valence-corrected chi connectivity index (χ2v) is 25.4. The molecule has 0 rings (SSSR count). The lowest BCUT2D eigenvalue weighted by atomic mass is 9.99. The summed E-state index contributed by atoms with van der Waals surface area (Å²) >= 11 is 0. The molecule has 0 fully saturated rings. The second-order valence-electron chi connectivity index (χ2n) is 25.4. The van der Waals surface area contributed by atoms with Crippen LogP contribution in [-0.4, -0.2) is 164 Å². The van der Waals surface area contributed by atoms with Gasteiger partial charge in [-0.1, -0.05) is 88.0 Å². The Morgan fingerprint density at radius 3 is 0.758 bits per heavy atom. The smallest absolute Gasteiger partial charge is 0.243 e. The Morgan fingerprint density at radius 2 is 0.505 bits per heavy atom. The Labute approximate surface area is 540 Å². The Morgan fingerprint density at radius 1 is 0.275 bits per heavy atom. The number of carbonyl (C=O) groups excluding carboxylic acids is 12.